The van der Waals surface area contributed by atoms with E-state index in [1.165, 1.54) is 0 Å². The fourth-order valence-corrected chi connectivity index (χ4v) is 1.83. The van der Waals surface area contributed by atoms with Crippen LogP contribution in [0.2, 0.25) is 0 Å². The van der Waals surface area contributed by atoms with Crippen molar-refractivity contribution in [1.82, 2.24) is 14.9 Å². The molecule has 0 aliphatic rings. The van der Waals surface area contributed by atoms with Gasteiger partial charge in [-0.2, -0.15) is 13.2 Å². The summed E-state index contributed by atoms with van der Waals surface area (Å²) in [5.74, 6) is -0.559. The molecule has 0 aliphatic heterocycles. The molecule has 2 N–H and O–H groups in total. The van der Waals surface area contributed by atoms with Gasteiger partial charge in [-0.15, -0.1) is 0 Å². The number of alkyl halides is 3. The Bertz CT molecular complexity index is 624. The molecule has 8 heteroatoms. The molecule has 21 heavy (non-hydrogen) atoms. The van der Waals surface area contributed by atoms with Crippen molar-refractivity contribution in [2.75, 3.05) is 6.54 Å². The number of fused-ring (bicyclic) bond motifs is 1. The minimum atomic E-state index is -4.73. The zero-order valence-electron chi connectivity index (χ0n) is 11.0. The molecule has 0 fully saturated rings. The molecular formula is C13H14F3N3O2. The van der Waals surface area contributed by atoms with Crippen molar-refractivity contribution in [3.05, 3.63) is 30.6 Å². The van der Waals surface area contributed by atoms with Crippen LogP contribution in [-0.2, 0) is 11.3 Å². The molecule has 0 saturated carbocycles. The molecule has 1 aromatic carbocycles. The first kappa shape index (κ1) is 15.3. The molecule has 0 saturated heterocycles. The van der Waals surface area contributed by atoms with E-state index in [-0.39, 0.29) is 6.42 Å². The van der Waals surface area contributed by atoms with Gasteiger partial charge < -0.3 is 15.0 Å². The number of imidazole rings is 1. The van der Waals surface area contributed by atoms with Gasteiger partial charge in [-0.25, -0.2) is 4.98 Å². The van der Waals surface area contributed by atoms with Crippen LogP contribution in [0.5, 0.6) is 0 Å². The Balaban J connectivity index is 1.84. The lowest BCUT2D eigenvalue weighted by molar-refractivity contribution is -0.201. The van der Waals surface area contributed by atoms with Crippen LogP contribution in [0.15, 0.2) is 30.6 Å². The number of benzene rings is 1. The lowest BCUT2D eigenvalue weighted by Gasteiger charge is -2.15. The number of carbonyl (C=O) groups is 1. The monoisotopic (exact) mass is 301 g/mol. The number of carbonyl (C=O) groups excluding carboxylic acids is 1. The number of aromatic nitrogens is 2. The molecule has 2 aromatic rings. The fraction of sp³-hybridized carbons (Fsp3) is 0.385. The van der Waals surface area contributed by atoms with E-state index >= 15 is 0 Å². The van der Waals surface area contributed by atoms with Gasteiger partial charge in [0.2, 0.25) is 5.91 Å². The number of hydrogen-bond donors (Lipinski definition) is 2. The molecule has 5 nitrogen and oxygen atoms in total. The van der Waals surface area contributed by atoms with Crippen molar-refractivity contribution in [2.24, 2.45) is 0 Å². The van der Waals surface area contributed by atoms with Crippen molar-refractivity contribution in [3.63, 3.8) is 0 Å². The maximum atomic E-state index is 12.1. The van der Waals surface area contributed by atoms with Crippen LogP contribution in [-0.4, -0.2) is 39.4 Å². The van der Waals surface area contributed by atoms with E-state index in [9.17, 15) is 18.0 Å². The Morgan fingerprint density at radius 2 is 2.10 bits per heavy atom. The predicted octanol–water partition coefficient (Wildman–Crippen LogP) is 1.47. The summed E-state index contributed by atoms with van der Waals surface area (Å²) in [4.78, 5) is 15.6. The largest absolute Gasteiger partial charge is 0.416 e. The number of rotatable bonds is 5. The first-order chi connectivity index (χ1) is 9.88. The molecule has 0 aliphatic carbocycles. The van der Waals surface area contributed by atoms with E-state index in [2.05, 4.69) is 10.3 Å². The van der Waals surface area contributed by atoms with Crippen molar-refractivity contribution in [1.29, 1.82) is 0 Å². The molecule has 1 amide bonds. The van der Waals surface area contributed by atoms with Crippen molar-refractivity contribution in [2.45, 2.75) is 25.2 Å². The van der Waals surface area contributed by atoms with Gasteiger partial charge in [0.25, 0.3) is 0 Å². The SMILES string of the molecule is O=C(CCn1cnc2ccccc21)NCC(O)C(F)(F)F. The Kier molecular flexibility index (Phi) is 4.46. The van der Waals surface area contributed by atoms with E-state index in [1.807, 2.05) is 24.3 Å². The number of amides is 1. The summed E-state index contributed by atoms with van der Waals surface area (Å²) in [6.45, 7) is -0.540. The highest BCUT2D eigenvalue weighted by Gasteiger charge is 2.38. The third-order valence-corrected chi connectivity index (χ3v) is 2.98. The van der Waals surface area contributed by atoms with Crippen molar-refractivity contribution >= 4 is 16.9 Å². The lowest BCUT2D eigenvalue weighted by Crippen LogP contribution is -2.40. The molecule has 2 rings (SSSR count). The van der Waals surface area contributed by atoms with E-state index in [0.29, 0.717) is 6.54 Å². The second-order valence-corrected chi connectivity index (χ2v) is 4.54. The van der Waals surface area contributed by atoms with E-state index < -0.39 is 24.7 Å². The zero-order chi connectivity index (χ0) is 15.5. The quantitative estimate of drug-likeness (QED) is 0.879. The summed E-state index contributed by atoms with van der Waals surface area (Å²) in [7, 11) is 0. The van der Waals surface area contributed by atoms with E-state index in [0.717, 1.165) is 11.0 Å². The van der Waals surface area contributed by atoms with Crippen LogP contribution < -0.4 is 5.32 Å². The van der Waals surface area contributed by atoms with Crippen molar-refractivity contribution < 1.29 is 23.1 Å². The normalized spacial score (nSPS) is 13.3. The lowest BCUT2D eigenvalue weighted by atomic mass is 10.3. The summed E-state index contributed by atoms with van der Waals surface area (Å²) in [5.41, 5.74) is 1.63. The average Bonchev–Trinajstić information content (AvgIpc) is 2.84. The van der Waals surface area contributed by atoms with Crippen LogP contribution in [0, 0.1) is 0 Å². The highest BCUT2D eigenvalue weighted by atomic mass is 19.4. The topological polar surface area (TPSA) is 67.2 Å². The van der Waals surface area contributed by atoms with Crippen LogP contribution in [0.25, 0.3) is 11.0 Å². The number of hydrogen-bond acceptors (Lipinski definition) is 3. The highest BCUT2D eigenvalue weighted by molar-refractivity contribution is 5.77. The fourth-order valence-electron chi connectivity index (χ4n) is 1.83. The summed E-state index contributed by atoms with van der Waals surface area (Å²) >= 11 is 0. The summed E-state index contributed by atoms with van der Waals surface area (Å²) in [5, 5.41) is 10.8. The third-order valence-electron chi connectivity index (χ3n) is 2.98. The molecule has 1 atom stereocenters. The summed E-state index contributed by atoms with van der Waals surface area (Å²) in [6, 6.07) is 7.34. The van der Waals surface area contributed by atoms with Gasteiger partial charge in [-0.1, -0.05) is 12.1 Å². The first-order valence-corrected chi connectivity index (χ1v) is 6.29. The number of aryl methyl sites for hydroxylation is 1. The molecule has 0 bridgehead atoms. The molecular weight excluding hydrogens is 287 g/mol. The Hall–Kier alpha value is -2.09. The second kappa shape index (κ2) is 6.13. The van der Waals surface area contributed by atoms with Gasteiger partial charge >= 0.3 is 6.18 Å². The molecule has 0 spiro atoms. The number of para-hydroxylation sites is 2. The van der Waals surface area contributed by atoms with Crippen LogP contribution in [0.4, 0.5) is 13.2 Å². The number of aliphatic hydroxyl groups is 1. The average molecular weight is 301 g/mol. The molecule has 0 radical (unpaired) electrons. The van der Waals surface area contributed by atoms with Crippen LogP contribution >= 0.6 is 0 Å². The second-order valence-electron chi connectivity index (χ2n) is 4.54. The minimum absolute atomic E-state index is 0.00489. The van der Waals surface area contributed by atoms with Crippen LogP contribution in [0.1, 0.15) is 6.42 Å². The third kappa shape index (κ3) is 3.94. The van der Waals surface area contributed by atoms with Gasteiger partial charge in [-0.3, -0.25) is 4.79 Å². The van der Waals surface area contributed by atoms with Gasteiger partial charge in [0.1, 0.15) is 0 Å². The minimum Gasteiger partial charge on any atom is -0.382 e. The first-order valence-electron chi connectivity index (χ1n) is 6.29. The zero-order valence-corrected chi connectivity index (χ0v) is 11.0. The summed E-state index contributed by atoms with van der Waals surface area (Å²) < 4.78 is 38.0. The smallest absolute Gasteiger partial charge is 0.382 e. The number of aliphatic hydroxyl groups excluding tert-OH is 1. The van der Waals surface area contributed by atoms with E-state index in [1.54, 1.807) is 10.9 Å². The van der Waals surface area contributed by atoms with Crippen molar-refractivity contribution in [3.8, 4) is 0 Å². The Morgan fingerprint density at radius 3 is 2.81 bits per heavy atom. The van der Waals surface area contributed by atoms with Gasteiger partial charge in [-0.05, 0) is 12.1 Å². The standard InChI is InChI=1S/C13H14F3N3O2/c14-13(15,16)11(20)7-17-12(21)5-6-19-8-18-9-3-1-2-4-10(9)19/h1-4,8,11,20H,5-7H2,(H,17,21). The Morgan fingerprint density at radius 1 is 1.38 bits per heavy atom. The van der Waals surface area contributed by atoms with Gasteiger partial charge in [0.15, 0.2) is 6.10 Å². The predicted molar refractivity (Wildman–Crippen MR) is 69.4 cm³/mol. The molecule has 1 aromatic heterocycles. The van der Waals surface area contributed by atoms with E-state index in [4.69, 9.17) is 5.11 Å². The van der Waals surface area contributed by atoms with Gasteiger partial charge in [0.05, 0.1) is 23.9 Å². The Labute approximate surface area is 118 Å². The maximum Gasteiger partial charge on any atom is 0.416 e. The number of halogens is 3. The van der Waals surface area contributed by atoms with Gasteiger partial charge in [0, 0.05) is 13.0 Å². The highest BCUT2D eigenvalue weighted by Crippen LogP contribution is 2.19. The number of nitrogens with one attached hydrogen (secondary N) is 1. The summed E-state index contributed by atoms with van der Waals surface area (Å²) in [6.07, 6.45) is -5.70. The molecule has 114 valence electrons. The molecule has 1 heterocycles. The van der Waals surface area contributed by atoms with Crippen LogP contribution in [0.3, 0.4) is 0 Å². The molecule has 1 unspecified atom stereocenters. The number of nitrogens with zero attached hydrogens (tertiary/aromatic N) is 2. The maximum absolute atomic E-state index is 12.1.